The van der Waals surface area contributed by atoms with Crippen LogP contribution >= 0.6 is 0 Å². The molecule has 0 fully saturated rings. The van der Waals surface area contributed by atoms with Crippen LogP contribution < -0.4 is 0 Å². The van der Waals surface area contributed by atoms with Crippen molar-refractivity contribution in [2.75, 3.05) is 0 Å². The number of hydrogen-bond donors (Lipinski definition) is 0. The summed E-state index contributed by atoms with van der Waals surface area (Å²) in [5.41, 5.74) is 2.52. The van der Waals surface area contributed by atoms with Gasteiger partial charge in [0.15, 0.2) is 0 Å². The third-order valence-electron chi connectivity index (χ3n) is 2.50. The number of allylic oxidation sites excluding steroid dienone is 3. The minimum Gasteiger partial charge on any atom is -0.496 e. The summed E-state index contributed by atoms with van der Waals surface area (Å²) in [5, 5.41) is 0. The second-order valence-corrected chi connectivity index (χ2v) is 3.78. The van der Waals surface area contributed by atoms with E-state index in [9.17, 15) is 0 Å². The zero-order valence-corrected chi connectivity index (χ0v) is 8.86. The molecule has 78 valence electrons. The molecule has 0 bridgehead atoms. The summed E-state index contributed by atoms with van der Waals surface area (Å²) in [6.07, 6.45) is 9.86. The maximum Gasteiger partial charge on any atom is 0.112 e. The van der Waals surface area contributed by atoms with E-state index in [4.69, 9.17) is 4.74 Å². The third-order valence-corrected chi connectivity index (χ3v) is 2.50. The van der Waals surface area contributed by atoms with Gasteiger partial charge in [0, 0.05) is 0 Å². The largest absolute Gasteiger partial charge is 0.496 e. The molecular formula is C14H16O. The Hall–Kier alpha value is -1.50. The van der Waals surface area contributed by atoms with Crippen LogP contribution in [0.15, 0.2) is 54.3 Å². The minimum atomic E-state index is 0.665. The van der Waals surface area contributed by atoms with Gasteiger partial charge in [-0.05, 0) is 30.4 Å². The molecule has 0 heterocycles. The zero-order chi connectivity index (χ0) is 10.3. The lowest BCUT2D eigenvalue weighted by Crippen LogP contribution is -1.90. The molecule has 0 spiro atoms. The highest BCUT2D eigenvalue weighted by atomic mass is 16.5. The van der Waals surface area contributed by atoms with Gasteiger partial charge in [-0.15, -0.1) is 0 Å². The van der Waals surface area contributed by atoms with Crippen molar-refractivity contribution in [2.24, 2.45) is 0 Å². The van der Waals surface area contributed by atoms with Gasteiger partial charge in [-0.25, -0.2) is 0 Å². The van der Waals surface area contributed by atoms with Gasteiger partial charge in [-0.2, -0.15) is 0 Å². The summed E-state index contributed by atoms with van der Waals surface area (Å²) in [7, 11) is 0. The topological polar surface area (TPSA) is 9.23 Å². The molecule has 0 aliphatic heterocycles. The fourth-order valence-electron chi connectivity index (χ4n) is 1.66. The van der Waals surface area contributed by atoms with E-state index in [0.29, 0.717) is 6.61 Å². The zero-order valence-electron chi connectivity index (χ0n) is 8.86. The maximum absolute atomic E-state index is 5.55. The monoisotopic (exact) mass is 200 g/mol. The van der Waals surface area contributed by atoms with Crippen LogP contribution in [0.4, 0.5) is 0 Å². The van der Waals surface area contributed by atoms with Gasteiger partial charge < -0.3 is 4.74 Å². The van der Waals surface area contributed by atoms with E-state index in [1.54, 1.807) is 0 Å². The Kier molecular flexibility index (Phi) is 3.61. The van der Waals surface area contributed by atoms with Gasteiger partial charge in [0.05, 0.1) is 6.26 Å². The minimum absolute atomic E-state index is 0.665. The molecule has 1 aromatic carbocycles. The van der Waals surface area contributed by atoms with Gasteiger partial charge >= 0.3 is 0 Å². The lowest BCUT2D eigenvalue weighted by Gasteiger charge is -2.07. The predicted molar refractivity (Wildman–Crippen MR) is 62.3 cm³/mol. The van der Waals surface area contributed by atoms with Crippen LogP contribution in [0, 0.1) is 0 Å². The molecule has 0 N–H and O–H groups in total. The van der Waals surface area contributed by atoms with Crippen molar-refractivity contribution in [3.8, 4) is 0 Å². The average Bonchev–Trinajstić information content (AvgIpc) is 2.32. The SMILES string of the molecule is C1=C/C(=C\OCc2ccccc2)CCC1. The van der Waals surface area contributed by atoms with Crippen LogP contribution in [0.25, 0.3) is 0 Å². The molecule has 2 rings (SSSR count). The van der Waals surface area contributed by atoms with Gasteiger partial charge in [0.1, 0.15) is 6.61 Å². The molecule has 1 heteroatoms. The summed E-state index contributed by atoms with van der Waals surface area (Å²) in [5.74, 6) is 0. The Bertz CT molecular complexity index is 349. The number of ether oxygens (including phenoxy) is 1. The van der Waals surface area contributed by atoms with E-state index in [2.05, 4.69) is 24.3 Å². The van der Waals surface area contributed by atoms with E-state index in [1.807, 2.05) is 24.5 Å². The summed E-state index contributed by atoms with van der Waals surface area (Å²) < 4.78 is 5.55. The normalized spacial score (nSPS) is 18.0. The van der Waals surface area contributed by atoms with Gasteiger partial charge in [-0.3, -0.25) is 0 Å². The lowest BCUT2D eigenvalue weighted by molar-refractivity contribution is 0.233. The average molecular weight is 200 g/mol. The number of hydrogen-bond acceptors (Lipinski definition) is 1. The van der Waals surface area contributed by atoms with E-state index in [-0.39, 0.29) is 0 Å². The molecule has 0 saturated heterocycles. The molecule has 15 heavy (non-hydrogen) atoms. The Labute approximate surface area is 91.1 Å². The van der Waals surface area contributed by atoms with Crippen molar-refractivity contribution in [3.05, 3.63) is 59.9 Å². The first-order chi connectivity index (χ1) is 7.45. The Morgan fingerprint density at radius 1 is 1.20 bits per heavy atom. The predicted octanol–water partition coefficient (Wildman–Crippen LogP) is 3.83. The highest BCUT2D eigenvalue weighted by molar-refractivity contribution is 5.19. The quantitative estimate of drug-likeness (QED) is 0.674. The molecule has 0 aromatic heterocycles. The molecular weight excluding hydrogens is 184 g/mol. The molecule has 0 atom stereocenters. The van der Waals surface area contributed by atoms with Crippen molar-refractivity contribution in [2.45, 2.75) is 25.9 Å². The van der Waals surface area contributed by atoms with Crippen molar-refractivity contribution < 1.29 is 4.74 Å². The van der Waals surface area contributed by atoms with Crippen LogP contribution in [-0.4, -0.2) is 0 Å². The van der Waals surface area contributed by atoms with Gasteiger partial charge in [0.2, 0.25) is 0 Å². The lowest BCUT2D eigenvalue weighted by atomic mass is 10.0. The molecule has 0 radical (unpaired) electrons. The van der Waals surface area contributed by atoms with Crippen molar-refractivity contribution in [1.82, 2.24) is 0 Å². The van der Waals surface area contributed by atoms with Crippen molar-refractivity contribution >= 4 is 0 Å². The summed E-state index contributed by atoms with van der Waals surface area (Å²) in [6.45, 7) is 0.665. The standard InChI is InChI=1S/C14H16O/c1-3-7-13(8-4-1)11-15-12-14-9-5-2-6-10-14/h1,3-5,7-9,12H,2,6,10-11H2/b14-12+. The highest BCUT2D eigenvalue weighted by Crippen LogP contribution is 2.16. The summed E-state index contributed by atoms with van der Waals surface area (Å²) in [6, 6.07) is 10.2. The van der Waals surface area contributed by atoms with Crippen molar-refractivity contribution in [1.29, 1.82) is 0 Å². The van der Waals surface area contributed by atoms with Crippen LogP contribution in [0.3, 0.4) is 0 Å². The van der Waals surface area contributed by atoms with Crippen molar-refractivity contribution in [3.63, 3.8) is 0 Å². The highest BCUT2D eigenvalue weighted by Gasteiger charge is 1.98. The Balaban J connectivity index is 1.84. The Morgan fingerprint density at radius 2 is 2.07 bits per heavy atom. The van der Waals surface area contributed by atoms with Crippen LogP contribution in [0.2, 0.25) is 0 Å². The molecule has 1 aromatic rings. The van der Waals surface area contributed by atoms with Crippen LogP contribution in [-0.2, 0) is 11.3 Å². The van der Waals surface area contributed by atoms with E-state index < -0.39 is 0 Å². The van der Waals surface area contributed by atoms with E-state index >= 15 is 0 Å². The second-order valence-electron chi connectivity index (χ2n) is 3.78. The first-order valence-corrected chi connectivity index (χ1v) is 5.46. The fourth-order valence-corrected chi connectivity index (χ4v) is 1.66. The van der Waals surface area contributed by atoms with E-state index in [1.165, 1.54) is 24.0 Å². The maximum atomic E-state index is 5.55. The summed E-state index contributed by atoms with van der Waals surface area (Å²) >= 11 is 0. The Morgan fingerprint density at radius 3 is 2.80 bits per heavy atom. The van der Waals surface area contributed by atoms with Crippen LogP contribution in [0.5, 0.6) is 0 Å². The first kappa shape index (κ1) is 10.0. The molecule has 1 aliphatic rings. The third kappa shape index (κ3) is 3.28. The molecule has 0 unspecified atom stereocenters. The number of benzene rings is 1. The molecule has 1 aliphatic carbocycles. The smallest absolute Gasteiger partial charge is 0.112 e. The number of rotatable bonds is 3. The fraction of sp³-hybridized carbons (Fsp3) is 0.286. The second kappa shape index (κ2) is 5.40. The molecule has 0 amide bonds. The van der Waals surface area contributed by atoms with Crippen LogP contribution in [0.1, 0.15) is 24.8 Å². The van der Waals surface area contributed by atoms with Gasteiger partial charge in [0.25, 0.3) is 0 Å². The van der Waals surface area contributed by atoms with E-state index in [0.717, 1.165) is 6.42 Å². The first-order valence-electron chi connectivity index (χ1n) is 5.46. The molecule has 1 nitrogen and oxygen atoms in total. The molecule has 0 saturated carbocycles. The summed E-state index contributed by atoms with van der Waals surface area (Å²) in [4.78, 5) is 0. The van der Waals surface area contributed by atoms with Gasteiger partial charge in [-0.1, -0.05) is 42.5 Å².